The summed E-state index contributed by atoms with van der Waals surface area (Å²) in [6.07, 6.45) is 1.65. The summed E-state index contributed by atoms with van der Waals surface area (Å²) in [4.78, 5) is 23.4. The molecule has 0 aliphatic carbocycles. The van der Waals surface area contributed by atoms with Crippen molar-refractivity contribution in [1.82, 2.24) is 0 Å². The first-order valence-electron chi connectivity index (χ1n) is 6.86. The topological polar surface area (TPSA) is 61.8 Å². The van der Waals surface area contributed by atoms with E-state index in [0.717, 1.165) is 0 Å². The first-order chi connectivity index (χ1) is 9.20. The van der Waals surface area contributed by atoms with Gasteiger partial charge in [0.05, 0.1) is 12.0 Å². The van der Waals surface area contributed by atoms with Crippen molar-refractivity contribution in [2.24, 2.45) is 11.3 Å². The van der Waals surface area contributed by atoms with Crippen molar-refractivity contribution in [1.29, 1.82) is 0 Å². The van der Waals surface area contributed by atoms with Crippen LogP contribution < -0.4 is 0 Å². The number of carbonyl (C=O) groups excluding carboxylic acids is 2. The fourth-order valence-electron chi connectivity index (χ4n) is 1.43. The van der Waals surface area contributed by atoms with Crippen molar-refractivity contribution in [2.45, 2.75) is 47.0 Å². The molecular weight excluding hydrogens is 260 g/mol. The van der Waals surface area contributed by atoms with Gasteiger partial charge >= 0.3 is 5.97 Å². The second-order valence-electron chi connectivity index (χ2n) is 6.33. The van der Waals surface area contributed by atoms with Gasteiger partial charge in [0.25, 0.3) is 0 Å². The molecule has 5 nitrogen and oxygen atoms in total. The van der Waals surface area contributed by atoms with E-state index in [1.54, 1.807) is 26.8 Å². The summed E-state index contributed by atoms with van der Waals surface area (Å²) in [5.74, 6) is -0.194. The van der Waals surface area contributed by atoms with Gasteiger partial charge in [0, 0.05) is 0 Å². The lowest BCUT2D eigenvalue weighted by Gasteiger charge is -2.26. The molecule has 0 fully saturated rings. The Labute approximate surface area is 120 Å². The van der Waals surface area contributed by atoms with E-state index >= 15 is 0 Å². The smallest absolute Gasteiger partial charge is 0.311 e. The maximum atomic E-state index is 11.7. The van der Waals surface area contributed by atoms with E-state index in [9.17, 15) is 9.59 Å². The highest BCUT2D eigenvalue weighted by Crippen LogP contribution is 2.17. The molecule has 0 spiro atoms. The molecule has 0 saturated carbocycles. The highest BCUT2D eigenvalue weighted by atomic mass is 16.7. The lowest BCUT2D eigenvalue weighted by Crippen LogP contribution is -2.38. The van der Waals surface area contributed by atoms with Crippen LogP contribution in [-0.2, 0) is 23.8 Å². The average Bonchev–Trinajstić information content (AvgIpc) is 2.34. The molecule has 20 heavy (non-hydrogen) atoms. The number of hydrogen-bond donors (Lipinski definition) is 0. The summed E-state index contributed by atoms with van der Waals surface area (Å²) in [5, 5.41) is 0. The first-order valence-corrected chi connectivity index (χ1v) is 6.86. The van der Waals surface area contributed by atoms with Crippen molar-refractivity contribution in [2.75, 3.05) is 13.2 Å². The van der Waals surface area contributed by atoms with Gasteiger partial charge in [-0.2, -0.15) is 0 Å². The molecule has 1 aliphatic heterocycles. The standard InChI is InChI=1S/C15H24O5/c1-10(2)8-18-13-7-6-11(16)12(20-13)9-19-14(17)15(3,4)5/h6-7,10,12-13H,8-9H2,1-5H3/t12-,13+/m1/s1. The van der Waals surface area contributed by atoms with Crippen molar-refractivity contribution in [3.8, 4) is 0 Å². The van der Waals surface area contributed by atoms with E-state index in [1.807, 2.05) is 13.8 Å². The van der Waals surface area contributed by atoms with Gasteiger partial charge in [0.15, 0.2) is 18.2 Å². The van der Waals surface area contributed by atoms with Gasteiger partial charge in [-0.15, -0.1) is 0 Å². The van der Waals surface area contributed by atoms with Crippen LogP contribution in [-0.4, -0.2) is 37.4 Å². The predicted molar refractivity (Wildman–Crippen MR) is 74.0 cm³/mol. The van der Waals surface area contributed by atoms with Gasteiger partial charge in [-0.05, 0) is 38.8 Å². The van der Waals surface area contributed by atoms with Crippen molar-refractivity contribution in [3.63, 3.8) is 0 Å². The Hall–Kier alpha value is -1.20. The number of ether oxygens (including phenoxy) is 3. The third-order valence-electron chi connectivity index (χ3n) is 2.61. The zero-order valence-electron chi connectivity index (χ0n) is 12.8. The van der Waals surface area contributed by atoms with Crippen LogP contribution in [0, 0.1) is 11.3 Å². The van der Waals surface area contributed by atoms with Gasteiger partial charge < -0.3 is 14.2 Å². The summed E-state index contributed by atoms with van der Waals surface area (Å²) in [6.45, 7) is 9.78. The predicted octanol–water partition coefficient (Wildman–Crippen LogP) is 2.10. The maximum Gasteiger partial charge on any atom is 0.311 e. The fraction of sp³-hybridized carbons (Fsp3) is 0.733. The first kappa shape index (κ1) is 16.9. The minimum Gasteiger partial charge on any atom is -0.462 e. The van der Waals surface area contributed by atoms with E-state index < -0.39 is 17.8 Å². The van der Waals surface area contributed by atoms with Gasteiger partial charge in [0.1, 0.15) is 6.61 Å². The number of ketones is 1. The van der Waals surface area contributed by atoms with Crippen molar-refractivity contribution in [3.05, 3.63) is 12.2 Å². The molecule has 1 heterocycles. The molecule has 0 amide bonds. The molecular formula is C15H24O5. The zero-order valence-corrected chi connectivity index (χ0v) is 12.8. The second kappa shape index (κ2) is 6.99. The van der Waals surface area contributed by atoms with Crippen LogP contribution in [0.15, 0.2) is 12.2 Å². The molecule has 0 aromatic carbocycles. The molecule has 1 aliphatic rings. The molecule has 0 aromatic heterocycles. The monoisotopic (exact) mass is 284 g/mol. The van der Waals surface area contributed by atoms with E-state index in [4.69, 9.17) is 14.2 Å². The molecule has 0 aromatic rings. The van der Waals surface area contributed by atoms with Crippen molar-refractivity contribution >= 4 is 11.8 Å². The molecule has 1 rings (SSSR count). The van der Waals surface area contributed by atoms with Crippen LogP contribution in [0.2, 0.25) is 0 Å². The summed E-state index contributed by atoms with van der Waals surface area (Å²) < 4.78 is 16.1. The van der Waals surface area contributed by atoms with Gasteiger partial charge in [-0.25, -0.2) is 0 Å². The van der Waals surface area contributed by atoms with E-state index in [0.29, 0.717) is 12.5 Å². The molecule has 0 saturated heterocycles. The molecule has 0 N–H and O–H groups in total. The Morgan fingerprint density at radius 2 is 2.05 bits per heavy atom. The van der Waals surface area contributed by atoms with Crippen LogP contribution in [0.3, 0.4) is 0 Å². The van der Waals surface area contributed by atoms with Gasteiger partial charge in [-0.1, -0.05) is 13.8 Å². The highest BCUT2D eigenvalue weighted by Gasteiger charge is 2.29. The summed E-state index contributed by atoms with van der Waals surface area (Å²) in [7, 11) is 0. The Bertz CT molecular complexity index is 378. The van der Waals surface area contributed by atoms with E-state index in [1.165, 1.54) is 6.08 Å². The van der Waals surface area contributed by atoms with E-state index in [2.05, 4.69) is 0 Å². The van der Waals surface area contributed by atoms with E-state index in [-0.39, 0.29) is 18.4 Å². The lowest BCUT2D eigenvalue weighted by molar-refractivity contribution is -0.181. The normalized spacial score (nSPS) is 23.2. The Balaban J connectivity index is 2.48. The largest absolute Gasteiger partial charge is 0.462 e. The SMILES string of the molecule is CC(C)CO[C@@H]1C=CC(=O)[C@@H](COC(=O)C(C)(C)C)O1. The fourth-order valence-corrected chi connectivity index (χ4v) is 1.43. The highest BCUT2D eigenvalue weighted by molar-refractivity contribution is 5.94. The van der Waals surface area contributed by atoms with Crippen LogP contribution >= 0.6 is 0 Å². The Kier molecular flexibility index (Phi) is 5.89. The zero-order chi connectivity index (χ0) is 15.3. The van der Waals surface area contributed by atoms with Crippen LogP contribution in [0.25, 0.3) is 0 Å². The third kappa shape index (κ3) is 5.43. The van der Waals surface area contributed by atoms with Crippen molar-refractivity contribution < 1.29 is 23.8 Å². The Morgan fingerprint density at radius 3 is 2.60 bits per heavy atom. The minimum atomic E-state index is -0.788. The molecule has 0 radical (unpaired) electrons. The minimum absolute atomic E-state index is 0.0825. The Morgan fingerprint density at radius 1 is 1.40 bits per heavy atom. The molecule has 0 unspecified atom stereocenters. The second-order valence-corrected chi connectivity index (χ2v) is 6.33. The lowest BCUT2D eigenvalue weighted by atomic mass is 9.97. The summed E-state index contributed by atoms with van der Waals surface area (Å²) in [6, 6.07) is 0. The molecule has 0 bridgehead atoms. The number of esters is 1. The van der Waals surface area contributed by atoms with Gasteiger partial charge in [0.2, 0.25) is 0 Å². The molecule has 5 heteroatoms. The maximum absolute atomic E-state index is 11.7. The summed E-state index contributed by atoms with van der Waals surface area (Å²) in [5.41, 5.74) is -0.596. The van der Waals surface area contributed by atoms with Gasteiger partial charge in [-0.3, -0.25) is 9.59 Å². The van der Waals surface area contributed by atoms with Crippen LogP contribution in [0.4, 0.5) is 0 Å². The third-order valence-corrected chi connectivity index (χ3v) is 2.61. The number of carbonyl (C=O) groups is 2. The van der Waals surface area contributed by atoms with Crippen LogP contribution in [0.1, 0.15) is 34.6 Å². The molecule has 114 valence electrons. The number of hydrogen-bond acceptors (Lipinski definition) is 5. The van der Waals surface area contributed by atoms with Crippen LogP contribution in [0.5, 0.6) is 0 Å². The average molecular weight is 284 g/mol. The molecule has 2 atom stereocenters. The number of rotatable bonds is 5. The summed E-state index contributed by atoms with van der Waals surface area (Å²) >= 11 is 0. The quantitative estimate of drug-likeness (QED) is 0.723.